The van der Waals surface area contributed by atoms with Crippen molar-refractivity contribution < 1.29 is 73.6 Å². The summed E-state index contributed by atoms with van der Waals surface area (Å²) >= 11 is 0. The van der Waals surface area contributed by atoms with Crippen LogP contribution in [0.2, 0.25) is 0 Å². The van der Waals surface area contributed by atoms with Gasteiger partial charge in [-0.05, 0) is 31.2 Å². The van der Waals surface area contributed by atoms with Crippen LogP contribution in [0.5, 0.6) is 0 Å². The van der Waals surface area contributed by atoms with E-state index >= 15 is 0 Å². The number of hydrogen-bond acceptors (Lipinski definition) is 8. The Balaban J connectivity index is 0.000000352. The van der Waals surface area contributed by atoms with Crippen LogP contribution in [0, 0.1) is 12.7 Å². The summed E-state index contributed by atoms with van der Waals surface area (Å²) in [5.41, 5.74) is 4.62. The number of rotatable bonds is 4. The number of aryl methyl sites for hydroxylation is 1. The van der Waals surface area contributed by atoms with E-state index in [4.69, 9.17) is 29.7 Å². The van der Waals surface area contributed by atoms with Gasteiger partial charge in [-0.25, -0.2) is 28.7 Å². The third-order valence-corrected chi connectivity index (χ3v) is 6.26. The van der Waals surface area contributed by atoms with Gasteiger partial charge in [0.15, 0.2) is 11.5 Å². The number of carbonyl (C=O) groups is 3. The number of aromatic nitrogens is 4. The number of alkyl halides is 9. The third kappa shape index (κ3) is 13.4. The van der Waals surface area contributed by atoms with E-state index < -0.39 is 36.4 Å². The van der Waals surface area contributed by atoms with Crippen LogP contribution in [0.25, 0.3) is 16.9 Å². The zero-order valence-electron chi connectivity index (χ0n) is 25.8. The molecule has 1 aromatic carbocycles. The smallest absolute Gasteiger partial charge is 0.475 e. The quantitative estimate of drug-likeness (QED) is 0.228. The van der Waals surface area contributed by atoms with Gasteiger partial charge in [-0.2, -0.15) is 39.5 Å². The Morgan fingerprint density at radius 3 is 1.75 bits per heavy atom. The lowest BCUT2D eigenvalue weighted by atomic mass is 10.1. The number of halogens is 10. The number of carboxylic acids is 3. The molecule has 1 fully saturated rings. The molecule has 4 heterocycles. The van der Waals surface area contributed by atoms with Crippen LogP contribution in [0.4, 0.5) is 49.7 Å². The molecule has 3 aromatic heterocycles. The molecule has 12 nitrogen and oxygen atoms in total. The number of benzene rings is 1. The first-order chi connectivity index (χ1) is 23.5. The largest absolute Gasteiger partial charge is 0.490 e. The summed E-state index contributed by atoms with van der Waals surface area (Å²) in [6, 6.07) is 12.8. The zero-order valence-corrected chi connectivity index (χ0v) is 25.8. The van der Waals surface area contributed by atoms with E-state index in [1.54, 1.807) is 18.5 Å². The first kappa shape index (κ1) is 41.6. The van der Waals surface area contributed by atoms with Gasteiger partial charge in [-0.15, -0.1) is 0 Å². The molecule has 278 valence electrons. The van der Waals surface area contributed by atoms with Crippen molar-refractivity contribution in [3.63, 3.8) is 0 Å². The van der Waals surface area contributed by atoms with E-state index in [1.807, 2.05) is 29.7 Å². The predicted molar refractivity (Wildman–Crippen MR) is 156 cm³/mol. The van der Waals surface area contributed by atoms with E-state index in [1.165, 1.54) is 12.1 Å². The molecule has 5 rings (SSSR count). The van der Waals surface area contributed by atoms with Crippen LogP contribution in [-0.2, 0) is 20.9 Å². The Morgan fingerprint density at radius 1 is 0.765 bits per heavy atom. The van der Waals surface area contributed by atoms with Crippen molar-refractivity contribution in [3.05, 3.63) is 78.3 Å². The van der Waals surface area contributed by atoms with Crippen molar-refractivity contribution >= 4 is 29.4 Å². The van der Waals surface area contributed by atoms with Crippen LogP contribution < -0.4 is 4.90 Å². The first-order valence-electron chi connectivity index (χ1n) is 13.9. The molecule has 1 saturated heterocycles. The Bertz CT molecular complexity index is 1730. The number of hydrogen-bond donors (Lipinski definition) is 3. The standard InChI is InChI=1S/C23H23FN6.3C2HF3O2/c1-17-4-2-7-20(27-17)16-28-10-12-29(13-11-28)22-23-26-15-21(30(23)9-8-25-22)18-5-3-6-19(24)14-18;3*3-2(4,5)1(6)7/h2-9,14-15H,10-13,16H2,1H3;3*(H,6,7). The van der Waals surface area contributed by atoms with Gasteiger partial charge < -0.3 is 20.2 Å². The van der Waals surface area contributed by atoms with Crippen LogP contribution in [-0.4, -0.2) is 102 Å². The second-order valence-corrected chi connectivity index (χ2v) is 10.0. The molecule has 0 bridgehead atoms. The summed E-state index contributed by atoms with van der Waals surface area (Å²) < 4.78 is 111. The lowest BCUT2D eigenvalue weighted by molar-refractivity contribution is -0.193. The van der Waals surface area contributed by atoms with Gasteiger partial charge >= 0.3 is 36.4 Å². The highest BCUT2D eigenvalue weighted by Crippen LogP contribution is 2.26. The van der Waals surface area contributed by atoms with Crippen LogP contribution in [0.1, 0.15) is 11.4 Å². The normalized spacial score (nSPS) is 13.5. The molecule has 0 amide bonds. The molecule has 0 atom stereocenters. The summed E-state index contributed by atoms with van der Waals surface area (Å²) in [6.07, 6.45) is -9.80. The SMILES string of the molecule is Cc1cccc(CN2CCN(c3nccn4c(-c5cccc(F)c5)cnc34)CC2)n1.O=C(O)C(F)(F)F.O=C(O)C(F)(F)F.O=C(O)C(F)(F)F. The lowest BCUT2D eigenvalue weighted by Gasteiger charge is -2.35. The number of fused-ring (bicyclic) bond motifs is 1. The molecule has 51 heavy (non-hydrogen) atoms. The first-order valence-corrected chi connectivity index (χ1v) is 13.9. The molecule has 4 aromatic rings. The number of imidazole rings is 1. The summed E-state index contributed by atoms with van der Waals surface area (Å²) in [4.78, 5) is 45.2. The minimum absolute atomic E-state index is 0.254. The number of piperazine rings is 1. The van der Waals surface area contributed by atoms with E-state index in [0.29, 0.717) is 0 Å². The van der Waals surface area contributed by atoms with E-state index in [-0.39, 0.29) is 5.82 Å². The maximum atomic E-state index is 13.7. The molecule has 0 unspecified atom stereocenters. The molecule has 1 aliphatic heterocycles. The lowest BCUT2D eigenvalue weighted by Crippen LogP contribution is -2.46. The Hall–Kier alpha value is -5.54. The zero-order chi connectivity index (χ0) is 38.7. The van der Waals surface area contributed by atoms with Gasteiger partial charge in [0.1, 0.15) is 5.82 Å². The number of carboxylic acid groups (broad SMARTS) is 3. The number of aliphatic carboxylic acids is 3. The average molecular weight is 745 g/mol. The van der Waals surface area contributed by atoms with Crippen molar-refractivity contribution in [2.75, 3.05) is 31.1 Å². The fourth-order valence-electron chi connectivity index (χ4n) is 4.02. The van der Waals surface area contributed by atoms with Crippen LogP contribution >= 0.6 is 0 Å². The summed E-state index contributed by atoms with van der Waals surface area (Å²) in [6.45, 7) is 6.52. The van der Waals surface area contributed by atoms with E-state index in [0.717, 1.165) is 66.8 Å². The fourth-order valence-corrected chi connectivity index (χ4v) is 4.02. The van der Waals surface area contributed by atoms with Crippen molar-refractivity contribution in [1.29, 1.82) is 0 Å². The molecule has 3 N–H and O–H groups in total. The Labute approximate surface area is 280 Å². The second kappa shape index (κ2) is 17.4. The number of nitrogens with zero attached hydrogens (tertiary/aromatic N) is 6. The van der Waals surface area contributed by atoms with Crippen LogP contribution in [0.15, 0.2) is 61.1 Å². The van der Waals surface area contributed by atoms with Crippen molar-refractivity contribution in [2.45, 2.75) is 32.0 Å². The predicted octanol–water partition coefficient (Wildman–Crippen LogP) is 5.46. The number of anilines is 1. The average Bonchev–Trinajstić information content (AvgIpc) is 3.46. The van der Waals surface area contributed by atoms with Gasteiger partial charge in [-0.1, -0.05) is 18.2 Å². The highest BCUT2D eigenvalue weighted by molar-refractivity contribution is 5.74. The minimum Gasteiger partial charge on any atom is -0.475 e. The van der Waals surface area contributed by atoms with Crippen molar-refractivity contribution in [3.8, 4) is 11.3 Å². The highest BCUT2D eigenvalue weighted by Gasteiger charge is 2.39. The van der Waals surface area contributed by atoms with Gasteiger partial charge in [0.25, 0.3) is 0 Å². The molecule has 22 heteroatoms. The van der Waals surface area contributed by atoms with E-state index in [2.05, 4.69) is 36.9 Å². The summed E-state index contributed by atoms with van der Waals surface area (Å²) in [7, 11) is 0. The highest BCUT2D eigenvalue weighted by atomic mass is 19.4. The third-order valence-electron chi connectivity index (χ3n) is 6.26. The van der Waals surface area contributed by atoms with E-state index in [9.17, 15) is 43.9 Å². The molecule has 0 saturated carbocycles. The van der Waals surface area contributed by atoms with Gasteiger partial charge in [0, 0.05) is 56.4 Å². The van der Waals surface area contributed by atoms with Gasteiger partial charge in [0.2, 0.25) is 0 Å². The summed E-state index contributed by atoms with van der Waals surface area (Å²) in [5.74, 6) is -7.66. The molecule has 1 aliphatic rings. The molecule has 0 radical (unpaired) electrons. The van der Waals surface area contributed by atoms with Gasteiger partial charge in [0.05, 0.1) is 17.6 Å². The monoisotopic (exact) mass is 744 g/mol. The van der Waals surface area contributed by atoms with Crippen molar-refractivity contribution in [1.82, 2.24) is 24.3 Å². The molecular formula is C29H26F10N6O6. The van der Waals surface area contributed by atoms with Crippen molar-refractivity contribution in [2.24, 2.45) is 0 Å². The van der Waals surface area contributed by atoms with Crippen LogP contribution in [0.3, 0.4) is 0 Å². The molecule has 0 aliphatic carbocycles. The maximum absolute atomic E-state index is 13.7. The molecule has 0 spiro atoms. The minimum atomic E-state index is -5.08. The number of pyridine rings is 1. The Kier molecular flexibility index (Phi) is 14.2. The fraction of sp³-hybridized carbons (Fsp3) is 0.310. The second-order valence-electron chi connectivity index (χ2n) is 10.0. The molecular weight excluding hydrogens is 718 g/mol. The van der Waals surface area contributed by atoms with Gasteiger partial charge in [-0.3, -0.25) is 14.3 Å². The summed E-state index contributed by atoms with van der Waals surface area (Å²) in [5, 5.41) is 21.4. The topological polar surface area (TPSA) is 161 Å². The maximum Gasteiger partial charge on any atom is 0.490 e. The Morgan fingerprint density at radius 2 is 1.27 bits per heavy atom.